The smallest absolute Gasteiger partial charge is 0.237 e. The number of amides is 1. The maximum Gasteiger partial charge on any atom is 0.237 e. The lowest BCUT2D eigenvalue weighted by Crippen LogP contribution is -2.50. The van der Waals surface area contributed by atoms with Gasteiger partial charge in [0.1, 0.15) is 0 Å². The van der Waals surface area contributed by atoms with E-state index in [1.165, 1.54) is 12.8 Å². The zero-order valence-electron chi connectivity index (χ0n) is 13.0. The van der Waals surface area contributed by atoms with Crippen molar-refractivity contribution in [2.24, 2.45) is 0 Å². The normalized spacial score (nSPS) is 22.5. The van der Waals surface area contributed by atoms with Gasteiger partial charge in [-0.1, -0.05) is 13.8 Å². The largest absolute Gasteiger partial charge is 0.352 e. The Morgan fingerprint density at radius 2 is 2.16 bits per heavy atom. The van der Waals surface area contributed by atoms with E-state index in [1.54, 1.807) is 0 Å². The minimum atomic E-state index is -0.0312. The van der Waals surface area contributed by atoms with E-state index in [9.17, 15) is 4.79 Å². The Morgan fingerprint density at radius 1 is 1.42 bits per heavy atom. The first-order valence-electron chi connectivity index (χ1n) is 7.86. The van der Waals surface area contributed by atoms with Crippen LogP contribution in [0.5, 0.6) is 0 Å². The first kappa shape index (κ1) is 16.4. The van der Waals surface area contributed by atoms with E-state index >= 15 is 0 Å². The molecule has 3 unspecified atom stereocenters. The maximum atomic E-state index is 12.2. The Hall–Kier alpha value is -0.610. The second kappa shape index (κ2) is 8.54. The predicted molar refractivity (Wildman–Crippen MR) is 80.2 cm³/mol. The van der Waals surface area contributed by atoms with Crippen LogP contribution >= 0.6 is 0 Å². The van der Waals surface area contributed by atoms with E-state index < -0.39 is 0 Å². The maximum absolute atomic E-state index is 12.2. The molecule has 0 aromatic heterocycles. The first-order chi connectivity index (χ1) is 9.08. The van der Waals surface area contributed by atoms with Gasteiger partial charge in [-0.25, -0.2) is 0 Å². The third kappa shape index (κ3) is 5.49. The van der Waals surface area contributed by atoms with Crippen LogP contribution in [0, 0.1) is 0 Å². The van der Waals surface area contributed by atoms with Crippen LogP contribution in [0.25, 0.3) is 0 Å². The molecule has 0 spiro atoms. The van der Waals surface area contributed by atoms with Crippen molar-refractivity contribution in [1.82, 2.24) is 15.5 Å². The molecule has 1 aliphatic heterocycles. The van der Waals surface area contributed by atoms with Crippen LogP contribution < -0.4 is 10.6 Å². The summed E-state index contributed by atoms with van der Waals surface area (Å²) in [5.41, 5.74) is 0. The zero-order valence-corrected chi connectivity index (χ0v) is 13.0. The van der Waals surface area contributed by atoms with Gasteiger partial charge in [0.05, 0.1) is 6.04 Å². The van der Waals surface area contributed by atoms with E-state index in [0.717, 1.165) is 32.5 Å². The molecule has 4 nitrogen and oxygen atoms in total. The number of hydrogen-bond acceptors (Lipinski definition) is 3. The third-order valence-electron chi connectivity index (χ3n) is 4.06. The van der Waals surface area contributed by atoms with E-state index in [-0.39, 0.29) is 18.0 Å². The molecule has 19 heavy (non-hydrogen) atoms. The van der Waals surface area contributed by atoms with Gasteiger partial charge in [0.15, 0.2) is 0 Å². The van der Waals surface area contributed by atoms with Crippen LogP contribution in [0.3, 0.4) is 0 Å². The van der Waals surface area contributed by atoms with Crippen molar-refractivity contribution in [3.8, 4) is 0 Å². The molecule has 0 aromatic rings. The number of nitrogens with one attached hydrogen (secondary N) is 2. The Morgan fingerprint density at radius 3 is 2.68 bits per heavy atom. The Bertz CT molecular complexity index is 264. The molecule has 0 aromatic carbocycles. The summed E-state index contributed by atoms with van der Waals surface area (Å²) in [5.74, 6) is 0.167. The lowest BCUT2D eigenvalue weighted by Gasteiger charge is -2.31. The van der Waals surface area contributed by atoms with Crippen molar-refractivity contribution >= 4 is 5.91 Å². The van der Waals surface area contributed by atoms with Crippen molar-refractivity contribution in [2.45, 2.75) is 71.5 Å². The molecular weight excluding hydrogens is 238 g/mol. The SMILES string of the molecule is CCCN(CC1CCCN1)C(C)C(=O)NC(C)CC. The highest BCUT2D eigenvalue weighted by Crippen LogP contribution is 2.10. The summed E-state index contributed by atoms with van der Waals surface area (Å²) in [4.78, 5) is 14.5. The van der Waals surface area contributed by atoms with Gasteiger partial charge >= 0.3 is 0 Å². The number of carbonyl (C=O) groups is 1. The molecule has 2 N–H and O–H groups in total. The van der Waals surface area contributed by atoms with Crippen LogP contribution in [0.4, 0.5) is 0 Å². The fraction of sp³-hybridized carbons (Fsp3) is 0.933. The molecule has 0 bridgehead atoms. The molecule has 112 valence electrons. The van der Waals surface area contributed by atoms with Gasteiger partial charge < -0.3 is 10.6 Å². The molecule has 1 amide bonds. The molecule has 3 atom stereocenters. The predicted octanol–water partition coefficient (Wildman–Crippen LogP) is 1.75. The van der Waals surface area contributed by atoms with Gasteiger partial charge in [0.2, 0.25) is 5.91 Å². The molecule has 1 rings (SSSR count). The lowest BCUT2D eigenvalue weighted by atomic mass is 10.1. The third-order valence-corrected chi connectivity index (χ3v) is 4.06. The summed E-state index contributed by atoms with van der Waals surface area (Å²) in [6.45, 7) is 11.5. The zero-order chi connectivity index (χ0) is 14.3. The van der Waals surface area contributed by atoms with Gasteiger partial charge in [-0.3, -0.25) is 9.69 Å². The van der Waals surface area contributed by atoms with Crippen molar-refractivity contribution < 1.29 is 4.79 Å². The van der Waals surface area contributed by atoms with Crippen molar-refractivity contribution in [3.05, 3.63) is 0 Å². The summed E-state index contributed by atoms with van der Waals surface area (Å²) >= 11 is 0. The van der Waals surface area contributed by atoms with Gasteiger partial charge in [-0.15, -0.1) is 0 Å². The highest BCUT2D eigenvalue weighted by atomic mass is 16.2. The summed E-state index contributed by atoms with van der Waals surface area (Å²) in [7, 11) is 0. The Balaban J connectivity index is 2.50. The average Bonchev–Trinajstić information content (AvgIpc) is 2.90. The number of nitrogens with zero attached hydrogens (tertiary/aromatic N) is 1. The van der Waals surface area contributed by atoms with E-state index in [1.807, 2.05) is 6.92 Å². The van der Waals surface area contributed by atoms with Crippen LogP contribution in [0.15, 0.2) is 0 Å². The Kier molecular flexibility index (Phi) is 7.39. The molecular formula is C15H31N3O. The molecule has 1 fully saturated rings. The van der Waals surface area contributed by atoms with E-state index in [4.69, 9.17) is 0 Å². The second-order valence-electron chi connectivity index (χ2n) is 5.78. The van der Waals surface area contributed by atoms with Gasteiger partial charge in [0.25, 0.3) is 0 Å². The molecule has 0 radical (unpaired) electrons. The van der Waals surface area contributed by atoms with Crippen molar-refractivity contribution in [1.29, 1.82) is 0 Å². The van der Waals surface area contributed by atoms with Crippen LogP contribution in [0.2, 0.25) is 0 Å². The molecule has 1 saturated heterocycles. The van der Waals surface area contributed by atoms with E-state index in [2.05, 4.69) is 36.3 Å². The van der Waals surface area contributed by atoms with Gasteiger partial charge in [0, 0.05) is 18.6 Å². The molecule has 4 heteroatoms. The standard InChI is InChI=1S/C15H31N3O/c1-5-10-18(11-14-8-7-9-16-14)13(4)15(19)17-12(3)6-2/h12-14,16H,5-11H2,1-4H3,(H,17,19). The van der Waals surface area contributed by atoms with Crippen LogP contribution in [0.1, 0.15) is 53.4 Å². The minimum absolute atomic E-state index is 0.0312. The summed E-state index contributed by atoms with van der Waals surface area (Å²) in [5, 5.41) is 6.61. The van der Waals surface area contributed by atoms with E-state index in [0.29, 0.717) is 6.04 Å². The van der Waals surface area contributed by atoms with Crippen LogP contribution in [-0.4, -0.2) is 48.6 Å². The quantitative estimate of drug-likeness (QED) is 0.705. The molecule has 1 aliphatic rings. The highest BCUT2D eigenvalue weighted by molar-refractivity contribution is 5.81. The summed E-state index contributed by atoms with van der Waals surface area (Å²) < 4.78 is 0. The lowest BCUT2D eigenvalue weighted by molar-refractivity contribution is -0.126. The molecule has 0 aliphatic carbocycles. The highest BCUT2D eigenvalue weighted by Gasteiger charge is 2.25. The number of hydrogen-bond donors (Lipinski definition) is 2. The minimum Gasteiger partial charge on any atom is -0.352 e. The van der Waals surface area contributed by atoms with Gasteiger partial charge in [-0.2, -0.15) is 0 Å². The van der Waals surface area contributed by atoms with Crippen LogP contribution in [-0.2, 0) is 4.79 Å². The summed E-state index contributed by atoms with van der Waals surface area (Å²) in [6, 6.07) is 0.796. The second-order valence-corrected chi connectivity index (χ2v) is 5.78. The molecule has 1 heterocycles. The average molecular weight is 269 g/mol. The fourth-order valence-electron chi connectivity index (χ4n) is 2.56. The topological polar surface area (TPSA) is 44.4 Å². The first-order valence-corrected chi connectivity index (χ1v) is 7.86. The number of carbonyl (C=O) groups excluding carboxylic acids is 1. The summed E-state index contributed by atoms with van der Waals surface area (Å²) in [6.07, 6.45) is 4.57. The van der Waals surface area contributed by atoms with Crippen molar-refractivity contribution in [2.75, 3.05) is 19.6 Å². The molecule has 0 saturated carbocycles. The fourth-order valence-corrected chi connectivity index (χ4v) is 2.56. The monoisotopic (exact) mass is 269 g/mol. The van der Waals surface area contributed by atoms with Gasteiger partial charge in [-0.05, 0) is 52.6 Å². The van der Waals surface area contributed by atoms with Crippen molar-refractivity contribution in [3.63, 3.8) is 0 Å². The number of rotatable bonds is 8. The Labute approximate surface area is 118 Å².